The van der Waals surface area contributed by atoms with Gasteiger partial charge in [0.1, 0.15) is 0 Å². The first kappa shape index (κ1) is 20.7. The Morgan fingerprint density at radius 1 is 1.00 bits per heavy atom. The van der Waals surface area contributed by atoms with E-state index in [1.54, 1.807) is 0 Å². The van der Waals surface area contributed by atoms with Crippen LogP contribution in [0.15, 0.2) is 0 Å². The van der Waals surface area contributed by atoms with E-state index in [1.165, 1.54) is 0 Å². The van der Waals surface area contributed by atoms with E-state index < -0.39 is 0 Å². The van der Waals surface area contributed by atoms with Crippen LogP contribution in [0.25, 0.3) is 0 Å². The highest BCUT2D eigenvalue weighted by Crippen LogP contribution is 2.17. The standard InChI is InChI=1S/C16H33N3O3/c1-13(2)12-19-15(21)18-7-6-9-22-10-8-17-14(20)11-16(3,4)5/h13H,6-12H2,1-5H3,(H,17,20)(H2,18,19,21). The highest BCUT2D eigenvalue weighted by Gasteiger charge is 2.15. The number of rotatable bonds is 10. The lowest BCUT2D eigenvalue weighted by Gasteiger charge is -2.17. The molecule has 0 saturated heterocycles. The summed E-state index contributed by atoms with van der Waals surface area (Å²) >= 11 is 0. The van der Waals surface area contributed by atoms with Crippen molar-refractivity contribution in [3.8, 4) is 0 Å². The van der Waals surface area contributed by atoms with Crippen molar-refractivity contribution >= 4 is 11.9 Å². The maximum absolute atomic E-state index is 11.6. The number of ether oxygens (including phenoxy) is 1. The molecule has 0 aliphatic carbocycles. The third kappa shape index (κ3) is 15.1. The van der Waals surface area contributed by atoms with Gasteiger partial charge in [0.05, 0.1) is 6.61 Å². The molecule has 3 N–H and O–H groups in total. The van der Waals surface area contributed by atoms with Gasteiger partial charge in [-0.15, -0.1) is 0 Å². The van der Waals surface area contributed by atoms with Crippen molar-refractivity contribution in [2.24, 2.45) is 11.3 Å². The molecule has 0 atom stereocenters. The van der Waals surface area contributed by atoms with Crippen molar-refractivity contribution in [1.29, 1.82) is 0 Å². The number of hydrogen-bond donors (Lipinski definition) is 3. The molecule has 3 amide bonds. The van der Waals surface area contributed by atoms with E-state index in [2.05, 4.69) is 16.0 Å². The van der Waals surface area contributed by atoms with Crippen molar-refractivity contribution in [2.45, 2.75) is 47.5 Å². The number of hydrogen-bond acceptors (Lipinski definition) is 3. The summed E-state index contributed by atoms with van der Waals surface area (Å²) in [7, 11) is 0. The number of carbonyl (C=O) groups is 2. The number of amides is 3. The first-order valence-electron chi connectivity index (χ1n) is 8.07. The summed E-state index contributed by atoms with van der Waals surface area (Å²) < 4.78 is 5.41. The fourth-order valence-electron chi connectivity index (χ4n) is 1.64. The van der Waals surface area contributed by atoms with Gasteiger partial charge in [0, 0.05) is 32.7 Å². The van der Waals surface area contributed by atoms with E-state index in [-0.39, 0.29) is 17.4 Å². The summed E-state index contributed by atoms with van der Waals surface area (Å²) in [6.07, 6.45) is 1.27. The van der Waals surface area contributed by atoms with Gasteiger partial charge >= 0.3 is 6.03 Å². The molecule has 0 unspecified atom stereocenters. The smallest absolute Gasteiger partial charge is 0.314 e. The molecule has 0 bridgehead atoms. The van der Waals surface area contributed by atoms with E-state index in [0.717, 1.165) is 6.42 Å². The molecule has 0 aromatic heterocycles. The normalized spacial score (nSPS) is 11.4. The first-order valence-corrected chi connectivity index (χ1v) is 8.07. The topological polar surface area (TPSA) is 79.5 Å². The third-order valence-corrected chi connectivity index (χ3v) is 2.68. The molecular formula is C16H33N3O3. The van der Waals surface area contributed by atoms with Crippen LogP contribution in [-0.2, 0) is 9.53 Å². The lowest BCUT2D eigenvalue weighted by Crippen LogP contribution is -2.38. The minimum absolute atomic E-state index is 0.00670. The van der Waals surface area contributed by atoms with Crippen LogP contribution in [-0.4, -0.2) is 44.8 Å². The van der Waals surface area contributed by atoms with Gasteiger partial charge in [-0.1, -0.05) is 34.6 Å². The molecule has 0 heterocycles. The summed E-state index contributed by atoms with van der Waals surface area (Å²) in [5.74, 6) is 0.502. The third-order valence-electron chi connectivity index (χ3n) is 2.68. The zero-order valence-electron chi connectivity index (χ0n) is 14.8. The van der Waals surface area contributed by atoms with E-state index >= 15 is 0 Å². The minimum Gasteiger partial charge on any atom is -0.380 e. The molecule has 0 aromatic carbocycles. The Kier molecular flexibility index (Phi) is 10.6. The van der Waals surface area contributed by atoms with Crippen LogP contribution in [0.4, 0.5) is 4.79 Å². The molecule has 22 heavy (non-hydrogen) atoms. The molecule has 0 fully saturated rings. The highest BCUT2D eigenvalue weighted by molar-refractivity contribution is 5.76. The molecular weight excluding hydrogens is 282 g/mol. The van der Waals surface area contributed by atoms with E-state index in [0.29, 0.717) is 45.2 Å². The van der Waals surface area contributed by atoms with Gasteiger partial charge in [-0.2, -0.15) is 0 Å². The van der Waals surface area contributed by atoms with Gasteiger partial charge in [0.15, 0.2) is 0 Å². The molecule has 6 nitrogen and oxygen atoms in total. The quantitative estimate of drug-likeness (QED) is 0.539. The van der Waals surface area contributed by atoms with Crippen LogP contribution < -0.4 is 16.0 Å². The Labute approximate surface area is 134 Å². The van der Waals surface area contributed by atoms with Crippen molar-refractivity contribution in [3.05, 3.63) is 0 Å². The van der Waals surface area contributed by atoms with Gasteiger partial charge in [0.2, 0.25) is 5.91 Å². The Hall–Kier alpha value is -1.30. The Morgan fingerprint density at radius 3 is 2.27 bits per heavy atom. The van der Waals surface area contributed by atoms with E-state index in [1.807, 2.05) is 34.6 Å². The molecule has 0 spiro atoms. The summed E-state index contributed by atoms with van der Waals surface area (Å²) in [5, 5.41) is 8.39. The molecule has 0 aromatic rings. The highest BCUT2D eigenvalue weighted by atomic mass is 16.5. The Morgan fingerprint density at radius 2 is 1.68 bits per heavy atom. The summed E-state index contributed by atoms with van der Waals surface area (Å²) in [6.45, 7) is 13.1. The summed E-state index contributed by atoms with van der Waals surface area (Å²) in [5.41, 5.74) is 0.00670. The van der Waals surface area contributed by atoms with Crippen LogP contribution in [0.1, 0.15) is 47.5 Å². The SMILES string of the molecule is CC(C)CNC(=O)NCCCOCCNC(=O)CC(C)(C)C. The largest absolute Gasteiger partial charge is 0.380 e. The molecule has 0 saturated carbocycles. The monoisotopic (exact) mass is 315 g/mol. The molecule has 130 valence electrons. The van der Waals surface area contributed by atoms with Crippen LogP contribution in [0.5, 0.6) is 0 Å². The van der Waals surface area contributed by atoms with E-state index in [4.69, 9.17) is 4.74 Å². The molecule has 0 rings (SSSR count). The van der Waals surface area contributed by atoms with Gasteiger partial charge in [0.25, 0.3) is 0 Å². The predicted octanol–water partition coefficient (Wildman–Crippen LogP) is 1.90. The van der Waals surface area contributed by atoms with Crippen LogP contribution >= 0.6 is 0 Å². The van der Waals surface area contributed by atoms with Gasteiger partial charge in [-0.05, 0) is 17.8 Å². The molecule has 0 radical (unpaired) electrons. The van der Waals surface area contributed by atoms with Crippen LogP contribution in [0.3, 0.4) is 0 Å². The second kappa shape index (κ2) is 11.3. The predicted molar refractivity (Wildman–Crippen MR) is 88.8 cm³/mol. The lowest BCUT2D eigenvalue weighted by atomic mass is 9.92. The van der Waals surface area contributed by atoms with Crippen molar-refractivity contribution in [2.75, 3.05) is 32.8 Å². The number of carbonyl (C=O) groups excluding carboxylic acids is 2. The van der Waals surface area contributed by atoms with Crippen molar-refractivity contribution < 1.29 is 14.3 Å². The fourth-order valence-corrected chi connectivity index (χ4v) is 1.64. The van der Waals surface area contributed by atoms with Gasteiger partial charge in [-0.25, -0.2) is 4.79 Å². The number of urea groups is 1. The summed E-state index contributed by atoms with van der Waals surface area (Å²) in [6, 6.07) is -0.136. The first-order chi connectivity index (χ1) is 10.2. The van der Waals surface area contributed by atoms with Crippen molar-refractivity contribution in [1.82, 2.24) is 16.0 Å². The number of nitrogens with one attached hydrogen (secondary N) is 3. The Balaban J connectivity index is 3.37. The molecule has 6 heteroatoms. The van der Waals surface area contributed by atoms with Crippen molar-refractivity contribution in [3.63, 3.8) is 0 Å². The molecule has 0 aliphatic rings. The Bertz CT molecular complexity index is 325. The zero-order chi connectivity index (χ0) is 17.0. The minimum atomic E-state index is -0.136. The second-order valence-electron chi connectivity index (χ2n) is 7.08. The van der Waals surface area contributed by atoms with Crippen LogP contribution in [0, 0.1) is 11.3 Å². The fraction of sp³-hybridized carbons (Fsp3) is 0.875. The maximum atomic E-state index is 11.6. The summed E-state index contributed by atoms with van der Waals surface area (Å²) in [4.78, 5) is 22.9. The molecule has 0 aliphatic heterocycles. The zero-order valence-corrected chi connectivity index (χ0v) is 14.8. The average molecular weight is 315 g/mol. The lowest BCUT2D eigenvalue weighted by molar-refractivity contribution is -0.123. The van der Waals surface area contributed by atoms with Gasteiger partial charge < -0.3 is 20.7 Å². The average Bonchev–Trinajstić information content (AvgIpc) is 2.37. The maximum Gasteiger partial charge on any atom is 0.314 e. The second-order valence-corrected chi connectivity index (χ2v) is 7.08. The van der Waals surface area contributed by atoms with Gasteiger partial charge in [-0.3, -0.25) is 4.79 Å². The van der Waals surface area contributed by atoms with E-state index in [9.17, 15) is 9.59 Å². The van der Waals surface area contributed by atoms with Crippen LogP contribution in [0.2, 0.25) is 0 Å².